The minimum Gasteiger partial charge on any atom is -0.370 e. The van der Waals surface area contributed by atoms with Crippen LogP contribution in [0.4, 0.5) is 0 Å². The topological polar surface area (TPSA) is 216 Å². The number of primary amides is 1. The Balaban J connectivity index is 1.59. The summed E-state index contributed by atoms with van der Waals surface area (Å²) < 4.78 is 0. The van der Waals surface area contributed by atoms with Crippen molar-refractivity contribution in [3.8, 4) is 0 Å². The van der Waals surface area contributed by atoms with Crippen LogP contribution in [0.1, 0.15) is 50.7 Å². The van der Waals surface area contributed by atoms with Gasteiger partial charge in [0.15, 0.2) is 0 Å². The minimum absolute atomic E-state index is 0.00244. The number of H-pyrrole nitrogens is 1. The molecule has 7 N–H and O–H groups in total. The minimum atomic E-state index is -1.33. The smallest absolute Gasteiger partial charge is 0.253 e. The van der Waals surface area contributed by atoms with E-state index < -0.39 is 77.6 Å². The Bertz CT molecular complexity index is 1980. The number of hydrogen-bond acceptors (Lipinski definition) is 8. The quantitative estimate of drug-likeness (QED) is 0.158. The molecule has 57 heavy (non-hydrogen) atoms. The maximum Gasteiger partial charge on any atom is 0.253 e. The van der Waals surface area contributed by atoms with Crippen molar-refractivity contribution in [3.05, 3.63) is 84.2 Å². The van der Waals surface area contributed by atoms with E-state index in [1.54, 1.807) is 6.20 Å². The van der Waals surface area contributed by atoms with Crippen molar-refractivity contribution in [2.24, 2.45) is 11.7 Å². The first-order valence-electron chi connectivity index (χ1n) is 19.1. The first kappa shape index (κ1) is 42.5. The van der Waals surface area contributed by atoms with Crippen molar-refractivity contribution in [3.63, 3.8) is 0 Å². The van der Waals surface area contributed by atoms with E-state index in [1.807, 2.05) is 74.7 Å². The van der Waals surface area contributed by atoms with Crippen LogP contribution >= 0.6 is 11.8 Å². The van der Waals surface area contributed by atoms with Gasteiger partial charge >= 0.3 is 0 Å². The Kier molecular flexibility index (Phi) is 14.5. The van der Waals surface area contributed by atoms with E-state index in [0.717, 1.165) is 16.5 Å². The number of carbonyl (C=O) groups excluding carboxylic acids is 7. The summed E-state index contributed by atoms with van der Waals surface area (Å²) in [6, 6.07) is 9.54. The highest BCUT2D eigenvalue weighted by Gasteiger charge is 2.41. The lowest BCUT2D eigenvalue weighted by molar-refractivity contribution is -0.144. The molecule has 1 aromatic heterocycles. The van der Waals surface area contributed by atoms with Gasteiger partial charge < -0.3 is 41.8 Å². The number of para-hydroxylation sites is 1. The SMILES string of the molecule is CSCC[C@@H]1NC(=O)[C@H](CC(C)C)N2C=C[C@@H](NC(=O)[C@H](Cc3ccccc3)N(C)C(=O)[C@@H](Cc3c[nH]c4ccccc34)NC(=O)[C@H](CCC(N)=O)NC1=O)C2=O. The number of fused-ring (bicyclic) bond motifs is 3. The van der Waals surface area contributed by atoms with Gasteiger partial charge in [-0.3, -0.25) is 33.6 Å². The Labute approximate surface area is 336 Å². The highest BCUT2D eigenvalue weighted by Crippen LogP contribution is 2.23. The molecule has 2 bridgehead atoms. The van der Waals surface area contributed by atoms with Gasteiger partial charge in [-0.05, 0) is 60.5 Å². The molecule has 6 atom stereocenters. The molecule has 2 aromatic carbocycles. The average Bonchev–Trinajstić information content (AvgIpc) is 3.76. The second kappa shape index (κ2) is 19.5. The third-order valence-electron chi connectivity index (χ3n) is 10.2. The van der Waals surface area contributed by atoms with Gasteiger partial charge in [-0.1, -0.05) is 62.4 Å². The molecule has 0 saturated carbocycles. The molecule has 7 amide bonds. The summed E-state index contributed by atoms with van der Waals surface area (Å²) in [7, 11) is 1.46. The number of aromatic nitrogens is 1. The highest BCUT2D eigenvalue weighted by atomic mass is 32.2. The van der Waals surface area contributed by atoms with Crippen LogP contribution in [0.3, 0.4) is 0 Å². The summed E-state index contributed by atoms with van der Waals surface area (Å²) in [6.07, 6.45) is 6.60. The van der Waals surface area contributed by atoms with E-state index >= 15 is 0 Å². The Morgan fingerprint density at radius 2 is 1.40 bits per heavy atom. The molecule has 2 aliphatic heterocycles. The van der Waals surface area contributed by atoms with Crippen molar-refractivity contribution in [2.45, 2.75) is 88.6 Å². The van der Waals surface area contributed by atoms with E-state index in [2.05, 4.69) is 26.3 Å². The maximum absolute atomic E-state index is 14.7. The number of hydrogen-bond donors (Lipinski definition) is 6. The monoisotopic (exact) mass is 800 g/mol. The Hall–Kier alpha value is -5.64. The standard InChI is InChI=1S/C41H52N8O7S/c1-24(2)20-34-39(54)45-30(17-19-57-4)37(52)44-29(14-15-35(42)50)36(51)47-32(22-26-23-43-28-13-9-8-12-27(26)28)40(55)48(3)33(21-25-10-6-5-7-11-25)38(53)46-31-16-18-49(34)41(31)56/h5-13,16,18,23-24,29-34,43H,14-15,17,19-22H2,1-4H3,(H2,42,50)(H,44,52)(H,45,54)(H,46,53)(H,47,51)/t29-,30-,31+,32+,33-,34-/m0/s1. The zero-order chi connectivity index (χ0) is 41.2. The molecule has 3 heterocycles. The molecule has 1 saturated heterocycles. The molecule has 0 unspecified atom stereocenters. The first-order valence-corrected chi connectivity index (χ1v) is 20.5. The molecule has 0 aliphatic carbocycles. The lowest BCUT2D eigenvalue weighted by Crippen LogP contribution is -2.61. The molecule has 5 rings (SSSR count). The summed E-state index contributed by atoms with van der Waals surface area (Å²) >= 11 is 1.45. The molecule has 0 spiro atoms. The molecule has 2 aliphatic rings. The number of thioether (sulfide) groups is 1. The predicted octanol–water partition coefficient (Wildman–Crippen LogP) is 1.52. The maximum atomic E-state index is 14.7. The number of benzene rings is 2. The molecular weight excluding hydrogens is 749 g/mol. The number of likely N-dealkylation sites (N-methyl/N-ethyl adjacent to an activating group) is 1. The number of nitrogens with two attached hydrogens (primary N) is 1. The number of nitrogens with one attached hydrogen (secondary N) is 5. The van der Waals surface area contributed by atoms with Crippen LogP contribution < -0.4 is 27.0 Å². The van der Waals surface area contributed by atoms with Crippen LogP contribution in [0.2, 0.25) is 0 Å². The van der Waals surface area contributed by atoms with E-state index in [1.165, 1.54) is 40.9 Å². The van der Waals surface area contributed by atoms with Gasteiger partial charge in [0.25, 0.3) is 5.91 Å². The van der Waals surface area contributed by atoms with Crippen LogP contribution in [0.25, 0.3) is 10.9 Å². The van der Waals surface area contributed by atoms with Gasteiger partial charge in [0.2, 0.25) is 35.4 Å². The fourth-order valence-electron chi connectivity index (χ4n) is 7.14. The van der Waals surface area contributed by atoms with Gasteiger partial charge in [-0.25, -0.2) is 0 Å². The molecular formula is C41H52N8O7S. The lowest BCUT2D eigenvalue weighted by atomic mass is 9.99. The summed E-state index contributed by atoms with van der Waals surface area (Å²) in [5.74, 6) is -4.07. The third kappa shape index (κ3) is 10.8. The van der Waals surface area contributed by atoms with Crippen molar-refractivity contribution in [1.29, 1.82) is 0 Å². The molecule has 15 nitrogen and oxygen atoms in total. The number of rotatable bonds is 12. The average molecular weight is 801 g/mol. The third-order valence-corrected chi connectivity index (χ3v) is 10.9. The van der Waals surface area contributed by atoms with Crippen molar-refractivity contribution in [1.82, 2.24) is 36.1 Å². The second-order valence-electron chi connectivity index (χ2n) is 14.9. The normalized spacial score (nSPS) is 23.9. The zero-order valence-corrected chi connectivity index (χ0v) is 33.5. The lowest BCUT2D eigenvalue weighted by Gasteiger charge is -2.33. The molecule has 3 aromatic rings. The van der Waals surface area contributed by atoms with Gasteiger partial charge in [0.05, 0.1) is 0 Å². The fourth-order valence-corrected chi connectivity index (χ4v) is 7.61. The van der Waals surface area contributed by atoms with Crippen LogP contribution in [-0.2, 0) is 46.4 Å². The van der Waals surface area contributed by atoms with Crippen LogP contribution in [0.5, 0.6) is 0 Å². The summed E-state index contributed by atoms with van der Waals surface area (Å²) in [6.45, 7) is 3.80. The number of aromatic amines is 1. The molecule has 304 valence electrons. The predicted molar refractivity (Wildman–Crippen MR) is 217 cm³/mol. The van der Waals surface area contributed by atoms with Crippen molar-refractivity contribution >= 4 is 64.0 Å². The van der Waals surface area contributed by atoms with Gasteiger partial charge in [-0.15, -0.1) is 0 Å². The Morgan fingerprint density at radius 3 is 2.09 bits per heavy atom. The van der Waals surface area contributed by atoms with Crippen LogP contribution in [-0.4, -0.2) is 111 Å². The second-order valence-corrected chi connectivity index (χ2v) is 15.9. The van der Waals surface area contributed by atoms with Gasteiger partial charge in [0.1, 0.15) is 36.3 Å². The number of carbonyl (C=O) groups is 7. The van der Waals surface area contributed by atoms with Crippen LogP contribution in [0.15, 0.2) is 73.1 Å². The number of nitrogens with zero attached hydrogens (tertiary/aromatic N) is 2. The summed E-state index contributed by atoms with van der Waals surface area (Å²) in [5.41, 5.74) is 7.74. The summed E-state index contributed by atoms with van der Waals surface area (Å²) in [4.78, 5) is 103. The van der Waals surface area contributed by atoms with Gasteiger partial charge in [0, 0.05) is 49.6 Å². The first-order chi connectivity index (χ1) is 27.3. The number of amides is 7. The Morgan fingerprint density at radius 1 is 0.772 bits per heavy atom. The zero-order valence-electron chi connectivity index (χ0n) is 32.7. The van der Waals surface area contributed by atoms with Crippen molar-refractivity contribution in [2.75, 3.05) is 19.1 Å². The molecule has 0 radical (unpaired) electrons. The van der Waals surface area contributed by atoms with E-state index in [4.69, 9.17) is 5.73 Å². The highest BCUT2D eigenvalue weighted by molar-refractivity contribution is 7.98. The van der Waals surface area contributed by atoms with Gasteiger partial charge in [-0.2, -0.15) is 11.8 Å². The largest absolute Gasteiger partial charge is 0.370 e. The fraction of sp³-hybridized carbons (Fsp3) is 0.439. The van der Waals surface area contributed by atoms with E-state index in [-0.39, 0.29) is 44.4 Å². The van der Waals surface area contributed by atoms with Crippen molar-refractivity contribution < 1.29 is 33.6 Å². The molecule has 1 fully saturated rings. The molecule has 16 heteroatoms. The van der Waals surface area contributed by atoms with E-state index in [9.17, 15) is 33.6 Å². The van der Waals surface area contributed by atoms with E-state index in [0.29, 0.717) is 11.3 Å². The van der Waals surface area contributed by atoms with Crippen LogP contribution in [0, 0.1) is 5.92 Å². The summed E-state index contributed by atoms with van der Waals surface area (Å²) in [5, 5.41) is 12.0.